The van der Waals surface area contributed by atoms with Crippen molar-refractivity contribution in [3.63, 3.8) is 0 Å². The second kappa shape index (κ2) is 4.83. The summed E-state index contributed by atoms with van der Waals surface area (Å²) < 4.78 is 5.66. The fourth-order valence-electron chi connectivity index (χ4n) is 0.988. The summed E-state index contributed by atoms with van der Waals surface area (Å²) in [5.41, 5.74) is 4.98. The molecule has 0 saturated carbocycles. The van der Waals surface area contributed by atoms with Crippen molar-refractivity contribution >= 4 is 23.4 Å². The van der Waals surface area contributed by atoms with Crippen molar-refractivity contribution < 1.29 is 9.53 Å². The molecule has 0 fully saturated rings. The van der Waals surface area contributed by atoms with Crippen LogP contribution in [-0.4, -0.2) is 28.9 Å². The number of hydrogen-bond acceptors (Lipinski definition) is 6. The predicted molar refractivity (Wildman–Crippen MR) is 56.7 cm³/mol. The van der Waals surface area contributed by atoms with Crippen molar-refractivity contribution in [2.24, 2.45) is 0 Å². The van der Waals surface area contributed by atoms with Crippen LogP contribution in [0, 0.1) is 0 Å². The predicted octanol–water partition coefficient (Wildman–Crippen LogP) is -0.280. The molecule has 6 nitrogen and oxygen atoms in total. The molecule has 2 N–H and O–H groups in total. The van der Waals surface area contributed by atoms with Crippen LogP contribution < -0.4 is 11.3 Å². The molecular formula is C8H11N3O3S. The van der Waals surface area contributed by atoms with E-state index in [1.54, 1.807) is 6.26 Å². The van der Waals surface area contributed by atoms with Crippen LogP contribution in [0.1, 0.15) is 0 Å². The van der Waals surface area contributed by atoms with E-state index < -0.39 is 11.5 Å². The van der Waals surface area contributed by atoms with Gasteiger partial charge in [-0.25, -0.2) is 4.98 Å². The third-order valence-corrected chi connectivity index (χ3v) is 2.43. The number of anilines is 1. The maximum Gasteiger partial charge on any atom is 0.325 e. The summed E-state index contributed by atoms with van der Waals surface area (Å²) in [7, 11) is 1.26. The fourth-order valence-corrected chi connectivity index (χ4v) is 1.51. The second-order valence-corrected chi connectivity index (χ2v) is 3.44. The minimum atomic E-state index is -0.514. The standard InChI is InChI=1S/C8H11N3O3S/c1-14-6(12)4-11-7(13)5(9)3-10-8(11)15-2/h3H,4,9H2,1-2H3. The number of ether oxygens (including phenoxy) is 1. The van der Waals surface area contributed by atoms with Gasteiger partial charge in [0.2, 0.25) is 0 Å². The summed E-state index contributed by atoms with van der Waals surface area (Å²) in [5.74, 6) is -0.514. The van der Waals surface area contributed by atoms with Crippen LogP contribution in [0.2, 0.25) is 0 Å². The number of esters is 1. The average molecular weight is 229 g/mol. The van der Waals surface area contributed by atoms with Gasteiger partial charge in [-0.3, -0.25) is 14.2 Å². The highest BCUT2D eigenvalue weighted by atomic mass is 32.2. The van der Waals surface area contributed by atoms with E-state index in [0.29, 0.717) is 5.16 Å². The van der Waals surface area contributed by atoms with Gasteiger partial charge in [0.1, 0.15) is 12.2 Å². The van der Waals surface area contributed by atoms with Crippen LogP contribution in [0.5, 0.6) is 0 Å². The Morgan fingerprint density at radius 1 is 1.73 bits per heavy atom. The first-order chi connectivity index (χ1) is 7.10. The third kappa shape index (κ3) is 2.50. The summed E-state index contributed by atoms with van der Waals surface area (Å²) >= 11 is 1.26. The highest BCUT2D eigenvalue weighted by molar-refractivity contribution is 7.98. The number of carbonyl (C=O) groups excluding carboxylic acids is 1. The summed E-state index contributed by atoms with van der Waals surface area (Å²) in [6.07, 6.45) is 3.04. The molecule has 0 aliphatic heterocycles. The minimum absolute atomic E-state index is 0.0108. The topological polar surface area (TPSA) is 87.2 Å². The lowest BCUT2D eigenvalue weighted by Gasteiger charge is -2.08. The normalized spacial score (nSPS) is 10.0. The lowest BCUT2D eigenvalue weighted by atomic mass is 10.5. The van der Waals surface area contributed by atoms with Gasteiger partial charge in [0.05, 0.1) is 13.3 Å². The zero-order chi connectivity index (χ0) is 11.4. The number of aromatic nitrogens is 2. The van der Waals surface area contributed by atoms with Crippen molar-refractivity contribution in [3.05, 3.63) is 16.6 Å². The SMILES string of the molecule is COC(=O)Cn1c(SC)ncc(N)c1=O. The molecule has 0 saturated heterocycles. The largest absolute Gasteiger partial charge is 0.468 e. The Bertz CT molecular complexity index is 430. The zero-order valence-electron chi connectivity index (χ0n) is 8.39. The van der Waals surface area contributed by atoms with E-state index >= 15 is 0 Å². The molecule has 7 heteroatoms. The van der Waals surface area contributed by atoms with Crippen molar-refractivity contribution in [2.45, 2.75) is 11.7 Å². The van der Waals surface area contributed by atoms with E-state index in [1.165, 1.54) is 29.6 Å². The van der Waals surface area contributed by atoms with Gasteiger partial charge in [-0.2, -0.15) is 0 Å². The summed E-state index contributed by atoms with van der Waals surface area (Å²) in [4.78, 5) is 26.6. The summed E-state index contributed by atoms with van der Waals surface area (Å²) in [5, 5.41) is 0.430. The molecule has 82 valence electrons. The van der Waals surface area contributed by atoms with Gasteiger partial charge < -0.3 is 10.5 Å². The van der Waals surface area contributed by atoms with Gasteiger partial charge >= 0.3 is 5.97 Å². The number of nitrogens with two attached hydrogens (primary N) is 1. The number of carbonyl (C=O) groups is 1. The smallest absolute Gasteiger partial charge is 0.325 e. The fraction of sp³-hybridized carbons (Fsp3) is 0.375. The summed E-state index contributed by atoms with van der Waals surface area (Å²) in [6, 6.07) is 0. The highest BCUT2D eigenvalue weighted by Gasteiger charge is 2.11. The number of thioether (sulfide) groups is 1. The molecule has 0 radical (unpaired) electrons. The number of nitrogen functional groups attached to an aromatic ring is 1. The molecule has 0 atom stereocenters. The van der Waals surface area contributed by atoms with E-state index in [9.17, 15) is 9.59 Å². The molecule has 0 aromatic carbocycles. The van der Waals surface area contributed by atoms with E-state index in [-0.39, 0.29) is 12.2 Å². The van der Waals surface area contributed by atoms with Gasteiger partial charge in [0.15, 0.2) is 5.16 Å². The zero-order valence-corrected chi connectivity index (χ0v) is 9.21. The Morgan fingerprint density at radius 3 is 2.93 bits per heavy atom. The molecule has 1 rings (SSSR count). The molecule has 1 aromatic heterocycles. The van der Waals surface area contributed by atoms with Crippen molar-refractivity contribution in [3.8, 4) is 0 Å². The van der Waals surface area contributed by atoms with Crippen LogP contribution in [0.15, 0.2) is 16.1 Å². The average Bonchev–Trinajstić information content (AvgIpc) is 2.25. The van der Waals surface area contributed by atoms with E-state index in [2.05, 4.69) is 9.72 Å². The molecule has 0 unspecified atom stereocenters. The van der Waals surface area contributed by atoms with E-state index in [0.717, 1.165) is 0 Å². The number of methoxy groups -OCH3 is 1. The molecule has 0 amide bonds. The van der Waals surface area contributed by atoms with Crippen LogP contribution in [0.3, 0.4) is 0 Å². The molecule has 0 aliphatic carbocycles. The number of nitrogens with zero attached hydrogens (tertiary/aromatic N) is 2. The van der Waals surface area contributed by atoms with Crippen LogP contribution in [0.4, 0.5) is 5.69 Å². The molecule has 0 spiro atoms. The van der Waals surface area contributed by atoms with Crippen LogP contribution >= 0.6 is 11.8 Å². The monoisotopic (exact) mass is 229 g/mol. The van der Waals surface area contributed by atoms with Crippen LogP contribution in [-0.2, 0) is 16.1 Å². The molecule has 1 aromatic rings. The lowest BCUT2D eigenvalue weighted by molar-refractivity contribution is -0.141. The van der Waals surface area contributed by atoms with E-state index in [1.807, 2.05) is 0 Å². The Morgan fingerprint density at radius 2 is 2.40 bits per heavy atom. The Labute approximate surface area is 90.4 Å². The second-order valence-electron chi connectivity index (χ2n) is 2.67. The van der Waals surface area contributed by atoms with Gasteiger partial charge in [0, 0.05) is 0 Å². The number of rotatable bonds is 3. The minimum Gasteiger partial charge on any atom is -0.468 e. The third-order valence-electron chi connectivity index (χ3n) is 1.73. The number of hydrogen-bond donors (Lipinski definition) is 1. The highest BCUT2D eigenvalue weighted by Crippen LogP contribution is 2.09. The van der Waals surface area contributed by atoms with Gasteiger partial charge in [-0.05, 0) is 6.26 Å². The maximum atomic E-state index is 11.6. The first-order valence-electron chi connectivity index (χ1n) is 4.06. The Balaban J connectivity index is 3.18. The van der Waals surface area contributed by atoms with Crippen LogP contribution in [0.25, 0.3) is 0 Å². The van der Waals surface area contributed by atoms with Crippen molar-refractivity contribution in [1.29, 1.82) is 0 Å². The lowest BCUT2D eigenvalue weighted by Crippen LogP contribution is -2.28. The van der Waals surface area contributed by atoms with Crippen molar-refractivity contribution in [2.75, 3.05) is 19.1 Å². The molecule has 1 heterocycles. The van der Waals surface area contributed by atoms with Gasteiger partial charge in [0.25, 0.3) is 5.56 Å². The first-order valence-corrected chi connectivity index (χ1v) is 5.28. The Kier molecular flexibility index (Phi) is 3.73. The van der Waals surface area contributed by atoms with Gasteiger partial charge in [-0.1, -0.05) is 11.8 Å². The molecule has 0 bridgehead atoms. The summed E-state index contributed by atoms with van der Waals surface area (Å²) in [6.45, 7) is -0.177. The van der Waals surface area contributed by atoms with E-state index in [4.69, 9.17) is 5.73 Å². The maximum absolute atomic E-state index is 11.6. The van der Waals surface area contributed by atoms with Crippen molar-refractivity contribution in [1.82, 2.24) is 9.55 Å². The van der Waals surface area contributed by atoms with Gasteiger partial charge in [-0.15, -0.1) is 0 Å². The molecule has 0 aliphatic rings. The molecular weight excluding hydrogens is 218 g/mol. The quantitative estimate of drug-likeness (QED) is 0.436. The Hall–Kier alpha value is -1.50. The first kappa shape index (κ1) is 11.6. The molecule has 15 heavy (non-hydrogen) atoms.